The summed E-state index contributed by atoms with van der Waals surface area (Å²) in [6.07, 6.45) is 0.519. The average molecular weight is 455 g/mol. The summed E-state index contributed by atoms with van der Waals surface area (Å²) in [6, 6.07) is 8.49. The number of carbonyl (C=O) groups excluding carboxylic acids is 1. The average Bonchev–Trinajstić information content (AvgIpc) is 2.75. The summed E-state index contributed by atoms with van der Waals surface area (Å²) >= 11 is 5.82. The van der Waals surface area contributed by atoms with Gasteiger partial charge in [0, 0.05) is 18.7 Å². The van der Waals surface area contributed by atoms with Crippen molar-refractivity contribution in [3.63, 3.8) is 0 Å². The maximum atomic E-state index is 13.4. The fourth-order valence-electron chi connectivity index (χ4n) is 3.30. The smallest absolute Gasteiger partial charge is 0.251 e. The Bertz CT molecular complexity index is 1040. The highest BCUT2D eigenvalue weighted by Gasteiger charge is 2.29. The van der Waals surface area contributed by atoms with Gasteiger partial charge in [0.1, 0.15) is 5.82 Å². The van der Waals surface area contributed by atoms with E-state index in [1.165, 1.54) is 22.5 Å². The molecular weight excluding hydrogens is 431 g/mol. The molecule has 9 heteroatoms. The van der Waals surface area contributed by atoms with E-state index in [0.29, 0.717) is 30.8 Å². The van der Waals surface area contributed by atoms with E-state index < -0.39 is 27.8 Å². The van der Waals surface area contributed by atoms with Crippen molar-refractivity contribution in [1.82, 2.24) is 9.62 Å². The molecule has 1 fully saturated rings. The van der Waals surface area contributed by atoms with Crippen LogP contribution in [0.5, 0.6) is 0 Å². The molecule has 1 saturated heterocycles. The third kappa shape index (κ3) is 4.83. The lowest BCUT2D eigenvalue weighted by Crippen LogP contribution is -2.41. The maximum Gasteiger partial charge on any atom is 0.251 e. The minimum absolute atomic E-state index is 0.0280. The van der Waals surface area contributed by atoms with Gasteiger partial charge in [0.25, 0.3) is 5.91 Å². The number of nitrogens with one attached hydrogen (secondary N) is 1. The van der Waals surface area contributed by atoms with E-state index in [0.717, 1.165) is 0 Å². The number of hydrogen-bond acceptors (Lipinski definition) is 4. The van der Waals surface area contributed by atoms with Crippen LogP contribution in [0.4, 0.5) is 4.39 Å². The monoisotopic (exact) mass is 454 g/mol. The summed E-state index contributed by atoms with van der Waals surface area (Å²) in [7, 11) is -3.74. The lowest BCUT2D eigenvalue weighted by Gasteiger charge is -2.27. The molecule has 1 heterocycles. The number of morpholine rings is 1. The summed E-state index contributed by atoms with van der Waals surface area (Å²) in [4.78, 5) is 12.9. The molecule has 0 radical (unpaired) electrons. The molecule has 0 bridgehead atoms. The van der Waals surface area contributed by atoms with Crippen LogP contribution in [0.2, 0.25) is 5.02 Å². The lowest BCUT2D eigenvalue weighted by molar-refractivity contribution is 0.0730. The minimum Gasteiger partial charge on any atom is -0.379 e. The summed E-state index contributed by atoms with van der Waals surface area (Å²) in [5.74, 6) is -0.962. The third-order valence-electron chi connectivity index (χ3n) is 5.09. The second-order valence-electron chi connectivity index (χ2n) is 7.06. The van der Waals surface area contributed by atoms with E-state index in [-0.39, 0.29) is 28.6 Å². The van der Waals surface area contributed by atoms with Gasteiger partial charge in [-0.3, -0.25) is 4.79 Å². The Balaban J connectivity index is 1.86. The molecule has 162 valence electrons. The highest BCUT2D eigenvalue weighted by Crippen LogP contribution is 2.25. The van der Waals surface area contributed by atoms with Crippen molar-refractivity contribution in [1.29, 1.82) is 0 Å². The number of sulfonamides is 1. The number of rotatable bonds is 6. The van der Waals surface area contributed by atoms with E-state index in [2.05, 4.69) is 5.32 Å². The molecule has 0 spiro atoms. The number of carbonyl (C=O) groups is 1. The summed E-state index contributed by atoms with van der Waals surface area (Å²) in [5, 5.41) is 2.78. The quantitative estimate of drug-likeness (QED) is 0.724. The van der Waals surface area contributed by atoms with Crippen LogP contribution in [0.1, 0.15) is 41.4 Å². The van der Waals surface area contributed by atoms with Gasteiger partial charge in [-0.25, -0.2) is 12.8 Å². The number of benzene rings is 2. The van der Waals surface area contributed by atoms with Gasteiger partial charge >= 0.3 is 0 Å². The van der Waals surface area contributed by atoms with Crippen LogP contribution >= 0.6 is 11.6 Å². The van der Waals surface area contributed by atoms with Gasteiger partial charge in [-0.1, -0.05) is 30.7 Å². The fourth-order valence-corrected chi connectivity index (χ4v) is 5.22. The van der Waals surface area contributed by atoms with Crippen molar-refractivity contribution in [3.8, 4) is 0 Å². The summed E-state index contributed by atoms with van der Waals surface area (Å²) in [5.41, 5.74) is 1.52. The van der Waals surface area contributed by atoms with E-state index in [1.54, 1.807) is 25.1 Å². The fraction of sp³-hybridized carbons (Fsp3) is 0.381. The number of aryl methyl sites for hydroxylation is 1. The van der Waals surface area contributed by atoms with Crippen molar-refractivity contribution < 1.29 is 22.3 Å². The first-order chi connectivity index (χ1) is 14.2. The van der Waals surface area contributed by atoms with Crippen LogP contribution < -0.4 is 5.32 Å². The normalized spacial score (nSPS) is 16.3. The zero-order chi connectivity index (χ0) is 21.9. The molecular formula is C21H24ClFN2O4S. The number of hydrogen-bond donors (Lipinski definition) is 1. The molecule has 1 aliphatic rings. The van der Waals surface area contributed by atoms with E-state index in [1.807, 2.05) is 6.92 Å². The number of halogens is 2. The zero-order valence-electron chi connectivity index (χ0n) is 16.8. The molecule has 0 aliphatic carbocycles. The Hall–Kier alpha value is -2.00. The van der Waals surface area contributed by atoms with E-state index >= 15 is 0 Å². The molecule has 1 unspecified atom stereocenters. The lowest BCUT2D eigenvalue weighted by atomic mass is 10.1. The maximum absolute atomic E-state index is 13.4. The van der Waals surface area contributed by atoms with Gasteiger partial charge < -0.3 is 10.1 Å². The SMILES string of the molecule is CCc1ccc(C(=O)NC(C)c2ccc(F)c(Cl)c2)cc1S(=O)(=O)N1CCOCC1. The van der Waals surface area contributed by atoms with Gasteiger partial charge in [-0.15, -0.1) is 0 Å². The zero-order valence-corrected chi connectivity index (χ0v) is 18.4. The van der Waals surface area contributed by atoms with Crippen molar-refractivity contribution >= 4 is 27.5 Å². The van der Waals surface area contributed by atoms with Crippen molar-refractivity contribution in [2.75, 3.05) is 26.3 Å². The summed E-state index contributed by atoms with van der Waals surface area (Å²) in [6.45, 7) is 4.87. The second-order valence-corrected chi connectivity index (χ2v) is 9.37. The predicted molar refractivity (Wildman–Crippen MR) is 113 cm³/mol. The molecule has 1 amide bonds. The number of nitrogens with zero attached hydrogens (tertiary/aromatic N) is 1. The molecule has 3 rings (SSSR count). The van der Waals surface area contributed by atoms with Crippen LogP contribution in [0.3, 0.4) is 0 Å². The molecule has 1 atom stereocenters. The molecule has 30 heavy (non-hydrogen) atoms. The Morgan fingerprint density at radius 3 is 2.57 bits per heavy atom. The number of ether oxygens (including phenoxy) is 1. The molecule has 0 saturated carbocycles. The van der Waals surface area contributed by atoms with E-state index in [9.17, 15) is 17.6 Å². The Morgan fingerprint density at radius 2 is 1.93 bits per heavy atom. The van der Waals surface area contributed by atoms with Crippen LogP contribution in [0.15, 0.2) is 41.3 Å². The van der Waals surface area contributed by atoms with Gasteiger partial charge in [0.2, 0.25) is 10.0 Å². The van der Waals surface area contributed by atoms with Crippen LogP contribution in [0.25, 0.3) is 0 Å². The van der Waals surface area contributed by atoms with Gasteiger partial charge in [-0.05, 0) is 48.7 Å². The highest BCUT2D eigenvalue weighted by molar-refractivity contribution is 7.89. The largest absolute Gasteiger partial charge is 0.379 e. The first-order valence-electron chi connectivity index (χ1n) is 9.70. The minimum atomic E-state index is -3.74. The van der Waals surface area contributed by atoms with Crippen LogP contribution in [-0.4, -0.2) is 44.9 Å². The highest BCUT2D eigenvalue weighted by atomic mass is 35.5. The molecule has 6 nitrogen and oxygen atoms in total. The molecule has 2 aromatic rings. The van der Waals surface area contributed by atoms with Gasteiger partial charge in [0.05, 0.1) is 29.2 Å². The van der Waals surface area contributed by atoms with E-state index in [4.69, 9.17) is 16.3 Å². The predicted octanol–water partition coefficient (Wildman–Crippen LogP) is 3.55. The Morgan fingerprint density at radius 1 is 1.23 bits per heavy atom. The molecule has 2 aromatic carbocycles. The van der Waals surface area contributed by atoms with Crippen LogP contribution in [-0.2, 0) is 21.2 Å². The molecule has 0 aromatic heterocycles. The number of amides is 1. The standard InChI is InChI=1S/C21H24ClFN2O4S/c1-3-15-4-5-17(13-20(15)30(27,28)25-8-10-29-11-9-25)21(26)24-14(2)16-6-7-19(23)18(22)12-16/h4-7,12-14H,3,8-11H2,1-2H3,(H,24,26). The third-order valence-corrected chi connectivity index (χ3v) is 7.36. The molecule has 1 aliphatic heterocycles. The first kappa shape index (κ1) is 22.7. The van der Waals surface area contributed by atoms with Gasteiger partial charge in [-0.2, -0.15) is 4.31 Å². The topological polar surface area (TPSA) is 75.7 Å². The van der Waals surface area contributed by atoms with Crippen molar-refractivity contribution in [3.05, 3.63) is 63.9 Å². The second kappa shape index (κ2) is 9.43. The first-order valence-corrected chi connectivity index (χ1v) is 11.5. The van der Waals surface area contributed by atoms with Crippen LogP contribution in [0, 0.1) is 5.82 Å². The Kier molecular flexibility index (Phi) is 7.13. The summed E-state index contributed by atoms with van der Waals surface area (Å²) < 4.78 is 46.3. The van der Waals surface area contributed by atoms with Crippen molar-refractivity contribution in [2.45, 2.75) is 31.2 Å². The Labute approximate surface area is 181 Å². The van der Waals surface area contributed by atoms with Gasteiger partial charge in [0.15, 0.2) is 0 Å². The molecule has 1 N–H and O–H groups in total. The van der Waals surface area contributed by atoms with Crippen molar-refractivity contribution in [2.24, 2.45) is 0 Å².